The number of rotatable bonds is 2. The van der Waals surface area contributed by atoms with E-state index in [0.717, 1.165) is 16.7 Å². The number of fused-ring (bicyclic) bond motifs is 1. The number of aliphatic hydroxyl groups excluding tert-OH is 1. The van der Waals surface area contributed by atoms with Crippen LogP contribution in [0.4, 0.5) is 0 Å². The molecule has 1 heterocycles. The van der Waals surface area contributed by atoms with Gasteiger partial charge >= 0.3 is 0 Å². The molecule has 0 unspecified atom stereocenters. The first-order valence-electron chi connectivity index (χ1n) is 4.24. The van der Waals surface area contributed by atoms with Crippen molar-refractivity contribution in [2.45, 2.75) is 6.61 Å². The van der Waals surface area contributed by atoms with E-state index in [1.807, 2.05) is 18.2 Å². The van der Waals surface area contributed by atoms with Gasteiger partial charge in [0.2, 0.25) is 0 Å². The molecular weight excluding hydrogens is 180 g/mol. The van der Waals surface area contributed by atoms with Crippen LogP contribution in [0.5, 0.6) is 5.75 Å². The summed E-state index contributed by atoms with van der Waals surface area (Å²) in [6.07, 6.45) is 1.68. The monoisotopic (exact) mass is 190 g/mol. The number of hydrogen-bond donors (Lipinski definition) is 1. The van der Waals surface area contributed by atoms with Gasteiger partial charge in [0.05, 0.1) is 12.6 Å². The van der Waals surface area contributed by atoms with Crippen LogP contribution in [0.1, 0.15) is 5.82 Å². The van der Waals surface area contributed by atoms with Crippen molar-refractivity contribution in [3.63, 3.8) is 0 Å². The Hall–Kier alpha value is -1.68. The zero-order chi connectivity index (χ0) is 9.97. The van der Waals surface area contributed by atoms with Crippen LogP contribution in [0.2, 0.25) is 0 Å². The predicted octanol–water partition coefficient (Wildman–Crippen LogP) is 1.13. The van der Waals surface area contributed by atoms with Gasteiger partial charge in [0.25, 0.3) is 0 Å². The van der Waals surface area contributed by atoms with Crippen LogP contribution < -0.4 is 4.74 Å². The van der Waals surface area contributed by atoms with Gasteiger partial charge in [-0.3, -0.25) is 0 Å². The molecule has 0 aliphatic heterocycles. The van der Waals surface area contributed by atoms with Gasteiger partial charge in [-0.1, -0.05) is 0 Å². The number of benzene rings is 1. The second-order valence-electron chi connectivity index (χ2n) is 2.87. The van der Waals surface area contributed by atoms with Gasteiger partial charge in [-0.25, -0.2) is 9.97 Å². The summed E-state index contributed by atoms with van der Waals surface area (Å²) in [5.74, 6) is 1.21. The molecule has 14 heavy (non-hydrogen) atoms. The second-order valence-corrected chi connectivity index (χ2v) is 2.87. The Kier molecular flexibility index (Phi) is 2.28. The Balaban J connectivity index is 2.57. The Morgan fingerprint density at radius 1 is 1.43 bits per heavy atom. The number of ether oxygens (including phenoxy) is 1. The van der Waals surface area contributed by atoms with Crippen molar-refractivity contribution in [3.05, 3.63) is 30.2 Å². The van der Waals surface area contributed by atoms with Gasteiger partial charge in [-0.2, -0.15) is 0 Å². The van der Waals surface area contributed by atoms with E-state index in [2.05, 4.69) is 9.97 Å². The Morgan fingerprint density at radius 3 is 3.00 bits per heavy atom. The highest BCUT2D eigenvalue weighted by Gasteiger charge is 1.99. The van der Waals surface area contributed by atoms with Crippen molar-refractivity contribution in [1.82, 2.24) is 9.97 Å². The van der Waals surface area contributed by atoms with Crippen molar-refractivity contribution in [1.29, 1.82) is 0 Å². The fourth-order valence-electron chi connectivity index (χ4n) is 1.25. The Labute approximate surface area is 81.2 Å². The zero-order valence-corrected chi connectivity index (χ0v) is 7.77. The minimum absolute atomic E-state index is 0.137. The first kappa shape index (κ1) is 8.90. The smallest absolute Gasteiger partial charge is 0.154 e. The molecule has 0 fully saturated rings. The molecule has 0 aliphatic rings. The summed E-state index contributed by atoms with van der Waals surface area (Å²) >= 11 is 0. The normalized spacial score (nSPS) is 10.4. The van der Waals surface area contributed by atoms with E-state index in [1.165, 1.54) is 0 Å². The topological polar surface area (TPSA) is 55.2 Å². The summed E-state index contributed by atoms with van der Waals surface area (Å²) < 4.78 is 5.07. The number of methoxy groups -OCH3 is 1. The minimum atomic E-state index is -0.137. The summed E-state index contributed by atoms with van der Waals surface area (Å²) in [5.41, 5.74) is 0.810. The molecule has 0 amide bonds. The third kappa shape index (κ3) is 1.52. The molecule has 4 heteroatoms. The fourth-order valence-corrected chi connectivity index (χ4v) is 1.25. The fraction of sp³-hybridized carbons (Fsp3) is 0.200. The molecule has 4 nitrogen and oxygen atoms in total. The lowest BCUT2D eigenvalue weighted by Gasteiger charge is -2.02. The molecule has 0 radical (unpaired) electrons. The van der Waals surface area contributed by atoms with E-state index in [1.54, 1.807) is 13.3 Å². The van der Waals surface area contributed by atoms with Crippen molar-refractivity contribution < 1.29 is 9.84 Å². The summed E-state index contributed by atoms with van der Waals surface area (Å²) in [6, 6.07) is 5.53. The molecule has 0 saturated heterocycles. The van der Waals surface area contributed by atoms with Crippen LogP contribution in [0, 0.1) is 0 Å². The number of aliphatic hydroxyl groups is 1. The molecule has 72 valence electrons. The first-order chi connectivity index (χ1) is 6.83. The van der Waals surface area contributed by atoms with Crippen molar-refractivity contribution in [2.75, 3.05) is 7.11 Å². The predicted molar refractivity (Wildman–Crippen MR) is 52.0 cm³/mol. The van der Waals surface area contributed by atoms with E-state index >= 15 is 0 Å². The standard InChI is InChI=1S/C10H10N2O2/c1-14-8-2-3-9-7(4-8)5-11-10(6-13)12-9/h2-5,13H,6H2,1H3. The lowest BCUT2D eigenvalue weighted by Crippen LogP contribution is -1.94. The van der Waals surface area contributed by atoms with Crippen LogP contribution in [-0.4, -0.2) is 22.2 Å². The third-order valence-corrected chi connectivity index (χ3v) is 1.98. The summed E-state index contributed by atoms with van der Waals surface area (Å²) in [7, 11) is 1.62. The van der Waals surface area contributed by atoms with E-state index in [4.69, 9.17) is 9.84 Å². The molecule has 1 N–H and O–H groups in total. The van der Waals surface area contributed by atoms with Crippen molar-refractivity contribution >= 4 is 10.9 Å². The minimum Gasteiger partial charge on any atom is -0.497 e. The maximum Gasteiger partial charge on any atom is 0.154 e. The highest BCUT2D eigenvalue weighted by Crippen LogP contribution is 2.18. The van der Waals surface area contributed by atoms with Crippen LogP contribution in [0.3, 0.4) is 0 Å². The van der Waals surface area contributed by atoms with E-state index in [0.29, 0.717) is 5.82 Å². The third-order valence-electron chi connectivity index (χ3n) is 1.98. The Morgan fingerprint density at radius 2 is 2.29 bits per heavy atom. The van der Waals surface area contributed by atoms with Crippen molar-refractivity contribution in [3.8, 4) is 5.75 Å². The van der Waals surface area contributed by atoms with Gasteiger partial charge in [-0.15, -0.1) is 0 Å². The molecule has 0 spiro atoms. The molecule has 0 saturated carbocycles. The molecule has 1 aromatic heterocycles. The van der Waals surface area contributed by atoms with Gasteiger partial charge in [0.1, 0.15) is 12.4 Å². The largest absolute Gasteiger partial charge is 0.497 e. The van der Waals surface area contributed by atoms with Gasteiger partial charge in [0, 0.05) is 11.6 Å². The number of aromatic nitrogens is 2. The summed E-state index contributed by atoms with van der Waals surface area (Å²) in [6.45, 7) is -0.137. The van der Waals surface area contributed by atoms with E-state index in [9.17, 15) is 0 Å². The van der Waals surface area contributed by atoms with Crippen molar-refractivity contribution in [2.24, 2.45) is 0 Å². The number of nitrogens with zero attached hydrogens (tertiary/aromatic N) is 2. The van der Waals surface area contributed by atoms with E-state index < -0.39 is 0 Å². The summed E-state index contributed by atoms with van der Waals surface area (Å²) in [5, 5.41) is 9.75. The SMILES string of the molecule is COc1ccc2nc(CO)ncc2c1. The maximum absolute atomic E-state index is 8.85. The average molecular weight is 190 g/mol. The van der Waals surface area contributed by atoms with Gasteiger partial charge < -0.3 is 9.84 Å². The molecule has 0 atom stereocenters. The lowest BCUT2D eigenvalue weighted by molar-refractivity contribution is 0.272. The average Bonchev–Trinajstić information content (AvgIpc) is 2.27. The van der Waals surface area contributed by atoms with E-state index in [-0.39, 0.29) is 6.61 Å². The van der Waals surface area contributed by atoms with Crippen LogP contribution >= 0.6 is 0 Å². The molecule has 0 bridgehead atoms. The molecule has 2 aromatic rings. The molecule has 2 rings (SSSR count). The Bertz CT molecular complexity index is 414. The number of hydrogen-bond acceptors (Lipinski definition) is 4. The second kappa shape index (κ2) is 3.59. The van der Waals surface area contributed by atoms with Crippen LogP contribution in [0.15, 0.2) is 24.4 Å². The van der Waals surface area contributed by atoms with Gasteiger partial charge in [-0.05, 0) is 18.2 Å². The zero-order valence-electron chi connectivity index (χ0n) is 7.77. The highest BCUT2D eigenvalue weighted by molar-refractivity contribution is 5.79. The maximum atomic E-state index is 8.85. The van der Waals surface area contributed by atoms with Gasteiger partial charge in [0.15, 0.2) is 5.82 Å². The molecule has 0 aliphatic carbocycles. The molecular formula is C10H10N2O2. The van der Waals surface area contributed by atoms with Crippen LogP contribution in [-0.2, 0) is 6.61 Å². The highest BCUT2D eigenvalue weighted by atomic mass is 16.5. The first-order valence-corrected chi connectivity index (χ1v) is 4.24. The lowest BCUT2D eigenvalue weighted by atomic mass is 10.2. The quantitative estimate of drug-likeness (QED) is 0.771. The summed E-state index contributed by atoms with van der Waals surface area (Å²) in [4.78, 5) is 8.14. The van der Waals surface area contributed by atoms with Crippen LogP contribution in [0.25, 0.3) is 10.9 Å². The molecule has 1 aromatic carbocycles.